The zero-order valence-electron chi connectivity index (χ0n) is 36.0. The van der Waals surface area contributed by atoms with Crippen molar-refractivity contribution in [2.75, 3.05) is 4.90 Å². The Hall–Kier alpha value is -8.72. The minimum atomic E-state index is 0.878. The zero-order valence-corrected chi connectivity index (χ0v) is 36.0. The van der Waals surface area contributed by atoms with Crippen LogP contribution < -0.4 is 4.90 Å². The fourth-order valence-corrected chi connectivity index (χ4v) is 10.4. The first-order chi connectivity index (χ1) is 32.7. The molecule has 13 rings (SSSR count). The number of rotatable bonds is 7. The average Bonchev–Trinajstić information content (AvgIpc) is 3.77. The molecule has 13 aromatic rings. The van der Waals surface area contributed by atoms with E-state index in [1.165, 1.54) is 82.0 Å². The molecule has 0 N–H and O–H groups in total. The number of para-hydroxylation sites is 1. The number of hydrogen-bond donors (Lipinski definition) is 0. The molecule has 308 valence electrons. The van der Waals surface area contributed by atoms with Gasteiger partial charge in [-0.3, -0.25) is 0 Å². The average molecular weight is 840 g/mol. The predicted molar refractivity (Wildman–Crippen MR) is 280 cm³/mol. The monoisotopic (exact) mass is 839 g/mol. The molecule has 1 aromatic heterocycles. The molecule has 12 aromatic carbocycles. The van der Waals surface area contributed by atoms with Crippen molar-refractivity contribution < 1.29 is 4.42 Å². The first-order valence-corrected chi connectivity index (χ1v) is 22.7. The van der Waals surface area contributed by atoms with E-state index in [0.29, 0.717) is 0 Å². The number of benzene rings is 12. The largest absolute Gasteiger partial charge is 0.456 e. The highest BCUT2D eigenvalue weighted by Gasteiger charge is 2.20. The van der Waals surface area contributed by atoms with Crippen molar-refractivity contribution in [1.29, 1.82) is 0 Å². The van der Waals surface area contributed by atoms with Gasteiger partial charge >= 0.3 is 0 Å². The quantitative estimate of drug-likeness (QED) is 0.149. The predicted octanol–water partition coefficient (Wildman–Crippen LogP) is 18.3. The second kappa shape index (κ2) is 15.5. The van der Waals surface area contributed by atoms with Crippen LogP contribution >= 0.6 is 0 Å². The molecule has 0 aliphatic heterocycles. The molecule has 0 saturated heterocycles. The van der Waals surface area contributed by atoms with Gasteiger partial charge < -0.3 is 9.32 Å². The second-order valence-corrected chi connectivity index (χ2v) is 17.2. The third kappa shape index (κ3) is 6.26. The molecular formula is C64H41NO. The lowest BCUT2D eigenvalue weighted by atomic mass is 9.84. The van der Waals surface area contributed by atoms with Gasteiger partial charge in [0.2, 0.25) is 0 Å². The van der Waals surface area contributed by atoms with Crippen LogP contribution in [-0.2, 0) is 0 Å². The Labute approximate surface area is 382 Å². The Morgan fingerprint density at radius 3 is 1.50 bits per heavy atom. The zero-order chi connectivity index (χ0) is 43.6. The lowest BCUT2D eigenvalue weighted by Gasteiger charge is -2.26. The van der Waals surface area contributed by atoms with Crippen molar-refractivity contribution in [1.82, 2.24) is 0 Å². The Morgan fingerprint density at radius 2 is 0.758 bits per heavy atom. The van der Waals surface area contributed by atoms with E-state index in [1.54, 1.807) is 0 Å². The van der Waals surface area contributed by atoms with Crippen LogP contribution in [0.2, 0.25) is 0 Å². The minimum absolute atomic E-state index is 0.878. The summed E-state index contributed by atoms with van der Waals surface area (Å²) >= 11 is 0. The minimum Gasteiger partial charge on any atom is -0.456 e. The van der Waals surface area contributed by atoms with Crippen molar-refractivity contribution >= 4 is 82.1 Å². The van der Waals surface area contributed by atoms with E-state index < -0.39 is 0 Å². The Balaban J connectivity index is 0.946. The van der Waals surface area contributed by atoms with Crippen LogP contribution in [0, 0.1) is 0 Å². The number of hydrogen-bond acceptors (Lipinski definition) is 2. The van der Waals surface area contributed by atoms with E-state index in [-0.39, 0.29) is 0 Å². The van der Waals surface area contributed by atoms with Gasteiger partial charge in [-0.05, 0) is 142 Å². The van der Waals surface area contributed by atoms with Gasteiger partial charge in [0.25, 0.3) is 0 Å². The molecule has 0 bridgehead atoms. The highest BCUT2D eigenvalue weighted by Crippen LogP contribution is 2.46. The lowest BCUT2D eigenvalue weighted by Crippen LogP contribution is -2.09. The summed E-state index contributed by atoms with van der Waals surface area (Å²) in [7, 11) is 0. The molecule has 2 heteroatoms. The van der Waals surface area contributed by atoms with Crippen molar-refractivity contribution in [3.63, 3.8) is 0 Å². The third-order valence-corrected chi connectivity index (χ3v) is 13.5. The van der Waals surface area contributed by atoms with Gasteiger partial charge in [0.05, 0.1) is 0 Å². The Morgan fingerprint density at radius 1 is 0.242 bits per heavy atom. The summed E-state index contributed by atoms with van der Waals surface area (Å²) in [5.74, 6) is 0. The van der Waals surface area contributed by atoms with Gasteiger partial charge in [0.1, 0.15) is 11.2 Å². The van der Waals surface area contributed by atoms with Crippen LogP contribution in [-0.4, -0.2) is 0 Å². The van der Waals surface area contributed by atoms with E-state index in [0.717, 1.165) is 44.6 Å². The van der Waals surface area contributed by atoms with E-state index in [4.69, 9.17) is 4.42 Å². The van der Waals surface area contributed by atoms with Crippen LogP contribution in [0.1, 0.15) is 0 Å². The molecule has 0 saturated carbocycles. The van der Waals surface area contributed by atoms with E-state index in [2.05, 4.69) is 241 Å². The van der Waals surface area contributed by atoms with Gasteiger partial charge in [-0.25, -0.2) is 0 Å². The summed E-state index contributed by atoms with van der Waals surface area (Å²) in [5.41, 5.74) is 14.6. The van der Waals surface area contributed by atoms with Gasteiger partial charge in [-0.2, -0.15) is 0 Å². The summed E-state index contributed by atoms with van der Waals surface area (Å²) in [6.07, 6.45) is 0. The molecule has 0 unspecified atom stereocenters. The Kier molecular flexibility index (Phi) is 8.89. The van der Waals surface area contributed by atoms with Crippen molar-refractivity contribution in [2.45, 2.75) is 0 Å². The van der Waals surface area contributed by atoms with E-state index in [9.17, 15) is 0 Å². The summed E-state index contributed by atoms with van der Waals surface area (Å²) in [4.78, 5) is 2.36. The summed E-state index contributed by atoms with van der Waals surface area (Å²) in [6.45, 7) is 0. The molecule has 0 fully saturated rings. The molecule has 0 amide bonds. The van der Waals surface area contributed by atoms with Crippen LogP contribution in [0.4, 0.5) is 17.1 Å². The summed E-state index contributed by atoms with van der Waals surface area (Å²) in [5, 5.41) is 12.3. The van der Waals surface area contributed by atoms with Crippen LogP contribution in [0.15, 0.2) is 253 Å². The highest BCUT2D eigenvalue weighted by molar-refractivity contribution is 6.22. The van der Waals surface area contributed by atoms with Gasteiger partial charge in [0, 0.05) is 27.8 Å². The molecule has 0 aliphatic carbocycles. The summed E-state index contributed by atoms with van der Waals surface area (Å²) < 4.78 is 6.29. The molecule has 66 heavy (non-hydrogen) atoms. The first-order valence-electron chi connectivity index (χ1n) is 22.7. The van der Waals surface area contributed by atoms with Gasteiger partial charge in [0.15, 0.2) is 0 Å². The highest BCUT2D eigenvalue weighted by atomic mass is 16.3. The third-order valence-electron chi connectivity index (χ3n) is 13.5. The second-order valence-electron chi connectivity index (χ2n) is 17.2. The fraction of sp³-hybridized carbons (Fsp3) is 0. The number of anilines is 3. The first kappa shape index (κ1) is 37.8. The van der Waals surface area contributed by atoms with Crippen LogP contribution in [0.25, 0.3) is 110 Å². The molecule has 0 aliphatic rings. The van der Waals surface area contributed by atoms with E-state index in [1.807, 2.05) is 12.1 Å². The van der Waals surface area contributed by atoms with Crippen molar-refractivity contribution in [3.8, 4) is 44.5 Å². The molecular weight excluding hydrogens is 799 g/mol. The molecule has 0 atom stereocenters. The maximum atomic E-state index is 6.29. The van der Waals surface area contributed by atoms with Crippen LogP contribution in [0.5, 0.6) is 0 Å². The van der Waals surface area contributed by atoms with Gasteiger partial charge in [-0.1, -0.05) is 194 Å². The maximum absolute atomic E-state index is 6.29. The van der Waals surface area contributed by atoms with Crippen molar-refractivity contribution in [2.24, 2.45) is 0 Å². The fourth-order valence-electron chi connectivity index (χ4n) is 10.4. The molecule has 2 nitrogen and oxygen atoms in total. The smallest absolute Gasteiger partial charge is 0.135 e. The van der Waals surface area contributed by atoms with Crippen LogP contribution in [0.3, 0.4) is 0 Å². The Bertz CT molecular complexity index is 3960. The lowest BCUT2D eigenvalue weighted by molar-refractivity contribution is 0.669. The molecule has 1 heterocycles. The topological polar surface area (TPSA) is 16.4 Å². The molecule has 0 radical (unpaired) electrons. The number of furan rings is 1. The summed E-state index contributed by atoms with van der Waals surface area (Å²) in [6, 6.07) is 90.3. The SMILES string of the molecule is c1ccc(-c2c(-c3ccccc3)c3cc(-c4ccc(N(c5ccc(-c6cccc7c6ccc6ccccc67)cc5)c5ccc6oc7ccccc7c6c5)cc4)ccc3c3ccccc23)cc1. The maximum Gasteiger partial charge on any atom is 0.135 e. The molecule has 0 spiro atoms. The number of nitrogens with zero attached hydrogens (tertiary/aromatic N) is 1. The normalized spacial score (nSPS) is 11.6. The number of fused-ring (bicyclic) bond motifs is 9. The van der Waals surface area contributed by atoms with Crippen molar-refractivity contribution in [3.05, 3.63) is 249 Å². The standard InChI is InChI=1S/C64H41NO/c1-3-15-45(16-4-1)63-58-22-10-9-20-54(58)56-38-31-47(40-60(56)64(63)46-17-5-2-6-18-46)42-26-32-48(33-27-42)65(50-36-39-62-59(41-50)57-21-11-12-25-61(57)66-62)49-34-28-44(29-35-49)52-23-13-24-53-51-19-8-7-14-43(51)30-37-55(52)53/h1-41H. The van der Waals surface area contributed by atoms with E-state index >= 15 is 0 Å². The van der Waals surface area contributed by atoms with Gasteiger partial charge in [-0.15, -0.1) is 0 Å².